The molecule has 1 aromatic heterocycles. The van der Waals surface area contributed by atoms with Crippen LogP contribution in [0.3, 0.4) is 0 Å². The Bertz CT molecular complexity index is 361. The summed E-state index contributed by atoms with van der Waals surface area (Å²) in [6.07, 6.45) is 4.11. The van der Waals surface area contributed by atoms with Crippen molar-refractivity contribution in [1.29, 1.82) is 0 Å². The molecule has 2 rings (SSSR count). The predicted octanol–water partition coefficient (Wildman–Crippen LogP) is 0.645. The maximum absolute atomic E-state index is 12.0. The highest BCUT2D eigenvalue weighted by atomic mass is 16.2. The van der Waals surface area contributed by atoms with Crippen molar-refractivity contribution in [2.45, 2.75) is 18.9 Å². The zero-order valence-corrected chi connectivity index (χ0v) is 8.81. The quantitative estimate of drug-likeness (QED) is 0.732. The largest absolute Gasteiger partial charge is 0.337 e. The van der Waals surface area contributed by atoms with Crippen LogP contribution >= 0.6 is 0 Å². The average Bonchev–Trinajstić information content (AvgIpc) is 2.59. The van der Waals surface area contributed by atoms with E-state index in [1.807, 2.05) is 6.92 Å². The Balaban J connectivity index is 2.11. The summed E-state index contributed by atoms with van der Waals surface area (Å²) in [6, 6.07) is 3.55. The van der Waals surface area contributed by atoms with Gasteiger partial charge in [-0.2, -0.15) is 0 Å². The van der Waals surface area contributed by atoms with Gasteiger partial charge in [-0.25, -0.2) is 0 Å². The normalized spacial score (nSPS) is 25.6. The molecule has 0 radical (unpaired) electrons. The zero-order valence-electron chi connectivity index (χ0n) is 8.81. The molecule has 2 heterocycles. The van der Waals surface area contributed by atoms with Gasteiger partial charge in [-0.15, -0.1) is 0 Å². The SMILES string of the molecule is CC1(N)CCN(C(=O)c2cccnc2)C1. The Hall–Kier alpha value is -1.42. The Labute approximate surface area is 89.1 Å². The van der Waals surface area contributed by atoms with Gasteiger partial charge in [0.2, 0.25) is 0 Å². The molecule has 1 aromatic rings. The fraction of sp³-hybridized carbons (Fsp3) is 0.455. The van der Waals surface area contributed by atoms with Crippen LogP contribution in [0.25, 0.3) is 0 Å². The molecule has 1 unspecified atom stereocenters. The van der Waals surface area contributed by atoms with Gasteiger partial charge < -0.3 is 10.6 Å². The minimum absolute atomic E-state index is 0.0253. The molecular formula is C11H15N3O. The number of amides is 1. The molecule has 1 saturated heterocycles. The van der Waals surface area contributed by atoms with Crippen LogP contribution in [0.1, 0.15) is 23.7 Å². The second kappa shape index (κ2) is 3.62. The molecule has 0 aromatic carbocycles. The fourth-order valence-electron chi connectivity index (χ4n) is 1.83. The summed E-state index contributed by atoms with van der Waals surface area (Å²) < 4.78 is 0. The third-order valence-corrected chi connectivity index (χ3v) is 2.70. The van der Waals surface area contributed by atoms with E-state index in [4.69, 9.17) is 5.73 Å². The highest BCUT2D eigenvalue weighted by Crippen LogP contribution is 2.19. The molecule has 1 amide bonds. The lowest BCUT2D eigenvalue weighted by Gasteiger charge is -2.19. The first-order valence-electron chi connectivity index (χ1n) is 5.07. The van der Waals surface area contributed by atoms with Gasteiger partial charge in [-0.1, -0.05) is 0 Å². The summed E-state index contributed by atoms with van der Waals surface area (Å²) in [4.78, 5) is 17.7. The number of nitrogens with zero attached hydrogens (tertiary/aromatic N) is 2. The lowest BCUT2D eigenvalue weighted by molar-refractivity contribution is 0.0784. The molecule has 1 aliphatic heterocycles. The van der Waals surface area contributed by atoms with Gasteiger partial charge in [0, 0.05) is 31.0 Å². The van der Waals surface area contributed by atoms with Crippen LogP contribution in [0.4, 0.5) is 0 Å². The maximum Gasteiger partial charge on any atom is 0.255 e. The van der Waals surface area contributed by atoms with Crippen molar-refractivity contribution in [2.75, 3.05) is 13.1 Å². The highest BCUT2D eigenvalue weighted by molar-refractivity contribution is 5.94. The molecule has 80 valence electrons. The Morgan fingerprint density at radius 2 is 2.47 bits per heavy atom. The van der Waals surface area contributed by atoms with E-state index in [1.54, 1.807) is 29.4 Å². The molecule has 0 aliphatic carbocycles. The van der Waals surface area contributed by atoms with Gasteiger partial charge in [-0.3, -0.25) is 9.78 Å². The van der Waals surface area contributed by atoms with Crippen LogP contribution in [0, 0.1) is 0 Å². The van der Waals surface area contributed by atoms with Crippen molar-refractivity contribution in [3.05, 3.63) is 30.1 Å². The molecule has 4 heteroatoms. The molecule has 0 bridgehead atoms. The second-order valence-electron chi connectivity index (χ2n) is 4.37. The molecule has 4 nitrogen and oxygen atoms in total. The summed E-state index contributed by atoms with van der Waals surface area (Å²) >= 11 is 0. The monoisotopic (exact) mass is 205 g/mol. The summed E-state index contributed by atoms with van der Waals surface area (Å²) in [5.74, 6) is 0.0253. The van der Waals surface area contributed by atoms with Gasteiger partial charge >= 0.3 is 0 Å². The number of aromatic nitrogens is 1. The van der Waals surface area contributed by atoms with Crippen molar-refractivity contribution < 1.29 is 4.79 Å². The average molecular weight is 205 g/mol. The third-order valence-electron chi connectivity index (χ3n) is 2.70. The molecule has 1 fully saturated rings. The van der Waals surface area contributed by atoms with Crippen molar-refractivity contribution >= 4 is 5.91 Å². The predicted molar refractivity (Wildman–Crippen MR) is 57.3 cm³/mol. The lowest BCUT2D eigenvalue weighted by atomic mass is 10.0. The van der Waals surface area contributed by atoms with Gasteiger partial charge in [0.15, 0.2) is 0 Å². The number of rotatable bonds is 1. The van der Waals surface area contributed by atoms with E-state index >= 15 is 0 Å². The van der Waals surface area contributed by atoms with Crippen LogP contribution < -0.4 is 5.73 Å². The van der Waals surface area contributed by atoms with Crippen LogP contribution in [0.2, 0.25) is 0 Å². The van der Waals surface area contributed by atoms with E-state index in [-0.39, 0.29) is 11.4 Å². The first-order valence-corrected chi connectivity index (χ1v) is 5.07. The van der Waals surface area contributed by atoms with Crippen LogP contribution in [-0.4, -0.2) is 34.4 Å². The number of hydrogen-bond donors (Lipinski definition) is 1. The van der Waals surface area contributed by atoms with E-state index < -0.39 is 0 Å². The van der Waals surface area contributed by atoms with Crippen molar-refractivity contribution in [1.82, 2.24) is 9.88 Å². The summed E-state index contributed by atoms with van der Waals surface area (Å²) in [5.41, 5.74) is 6.37. The Morgan fingerprint density at radius 1 is 1.67 bits per heavy atom. The van der Waals surface area contributed by atoms with Gasteiger partial charge in [0.25, 0.3) is 5.91 Å². The minimum Gasteiger partial charge on any atom is -0.337 e. The molecule has 15 heavy (non-hydrogen) atoms. The van der Waals surface area contributed by atoms with E-state index in [0.29, 0.717) is 12.1 Å². The molecule has 0 saturated carbocycles. The van der Waals surface area contributed by atoms with E-state index in [2.05, 4.69) is 4.98 Å². The molecule has 1 aliphatic rings. The van der Waals surface area contributed by atoms with Gasteiger partial charge in [0.1, 0.15) is 0 Å². The van der Waals surface area contributed by atoms with E-state index in [9.17, 15) is 4.79 Å². The second-order valence-corrected chi connectivity index (χ2v) is 4.37. The standard InChI is InChI=1S/C11H15N3O/c1-11(12)4-6-14(8-11)10(15)9-3-2-5-13-7-9/h2-3,5,7H,4,6,8,12H2,1H3. The highest BCUT2D eigenvalue weighted by Gasteiger charge is 2.32. The van der Waals surface area contributed by atoms with Crippen molar-refractivity contribution in [2.24, 2.45) is 5.73 Å². The minimum atomic E-state index is -0.238. The summed E-state index contributed by atoms with van der Waals surface area (Å²) in [6.45, 7) is 3.34. The van der Waals surface area contributed by atoms with Crippen LogP contribution in [0.15, 0.2) is 24.5 Å². The number of hydrogen-bond acceptors (Lipinski definition) is 3. The lowest BCUT2D eigenvalue weighted by Crippen LogP contribution is -2.40. The topological polar surface area (TPSA) is 59.2 Å². The third kappa shape index (κ3) is 2.15. The van der Waals surface area contributed by atoms with Crippen molar-refractivity contribution in [3.8, 4) is 0 Å². The molecule has 2 N–H and O–H groups in total. The van der Waals surface area contributed by atoms with Crippen LogP contribution in [0.5, 0.6) is 0 Å². The first-order chi connectivity index (χ1) is 7.08. The van der Waals surface area contributed by atoms with E-state index in [1.165, 1.54) is 0 Å². The number of carbonyl (C=O) groups excluding carboxylic acids is 1. The van der Waals surface area contributed by atoms with E-state index in [0.717, 1.165) is 13.0 Å². The molecule has 1 atom stereocenters. The Kier molecular flexibility index (Phi) is 2.44. The van der Waals surface area contributed by atoms with Crippen LogP contribution in [-0.2, 0) is 0 Å². The molecular weight excluding hydrogens is 190 g/mol. The number of pyridine rings is 1. The number of nitrogens with two attached hydrogens (primary N) is 1. The number of carbonyl (C=O) groups is 1. The Morgan fingerprint density at radius 3 is 3.00 bits per heavy atom. The maximum atomic E-state index is 12.0. The summed E-state index contributed by atoms with van der Waals surface area (Å²) in [5, 5.41) is 0. The van der Waals surface area contributed by atoms with Gasteiger partial charge in [0.05, 0.1) is 5.56 Å². The summed E-state index contributed by atoms with van der Waals surface area (Å²) in [7, 11) is 0. The molecule has 0 spiro atoms. The fourth-order valence-corrected chi connectivity index (χ4v) is 1.83. The van der Waals surface area contributed by atoms with Crippen molar-refractivity contribution in [3.63, 3.8) is 0 Å². The zero-order chi connectivity index (χ0) is 10.9. The van der Waals surface area contributed by atoms with Gasteiger partial charge in [-0.05, 0) is 25.5 Å². The number of likely N-dealkylation sites (tertiary alicyclic amines) is 1. The smallest absolute Gasteiger partial charge is 0.255 e. The first kappa shape index (κ1) is 10.1.